The van der Waals surface area contributed by atoms with E-state index in [0.717, 1.165) is 37.1 Å². The Morgan fingerprint density at radius 1 is 1.07 bits per heavy atom. The molecule has 3 aromatic rings. The fraction of sp³-hybridized carbons (Fsp3) is 0.452. The van der Waals surface area contributed by atoms with Crippen molar-refractivity contribution < 1.29 is 9.59 Å². The molecule has 1 saturated heterocycles. The summed E-state index contributed by atoms with van der Waals surface area (Å²) in [6, 6.07) is 4.05. The number of pyridine rings is 2. The molecule has 0 spiro atoms. The number of anilines is 2. The molecule has 1 unspecified atom stereocenters. The number of rotatable bonds is 9. The first-order valence-electron chi connectivity index (χ1n) is 14.2. The molecule has 1 saturated carbocycles. The van der Waals surface area contributed by atoms with E-state index in [1.165, 1.54) is 29.7 Å². The largest absolute Gasteiger partial charge is 0.324 e. The number of hydrogen-bond donors (Lipinski definition) is 2. The van der Waals surface area contributed by atoms with Crippen LogP contribution in [0.2, 0.25) is 0 Å². The van der Waals surface area contributed by atoms with Gasteiger partial charge in [-0.2, -0.15) is 5.10 Å². The van der Waals surface area contributed by atoms with Gasteiger partial charge in [-0.05, 0) is 88.8 Å². The van der Waals surface area contributed by atoms with Gasteiger partial charge in [0.15, 0.2) is 0 Å². The molecule has 0 bridgehead atoms. The van der Waals surface area contributed by atoms with Crippen LogP contribution in [0.5, 0.6) is 0 Å². The summed E-state index contributed by atoms with van der Waals surface area (Å²) in [5, 5.41) is 10.6. The second kappa shape index (κ2) is 11.7. The lowest BCUT2D eigenvalue weighted by atomic mass is 9.98. The number of carbonyl (C=O) groups excluding carboxylic acids is 2. The van der Waals surface area contributed by atoms with Gasteiger partial charge in [-0.3, -0.25) is 29.1 Å². The van der Waals surface area contributed by atoms with E-state index in [9.17, 15) is 9.59 Å². The Hall–Kier alpha value is -3.85. The third-order valence-corrected chi connectivity index (χ3v) is 7.92. The summed E-state index contributed by atoms with van der Waals surface area (Å²) in [6.07, 6.45) is 12.9. The van der Waals surface area contributed by atoms with Crippen molar-refractivity contribution in [1.82, 2.24) is 24.6 Å². The molecule has 40 heavy (non-hydrogen) atoms. The lowest BCUT2D eigenvalue weighted by molar-refractivity contribution is -0.117. The Bertz CT molecular complexity index is 1450. The summed E-state index contributed by atoms with van der Waals surface area (Å²) in [7, 11) is 1.96. The second-order valence-corrected chi connectivity index (χ2v) is 11.1. The van der Waals surface area contributed by atoms with Gasteiger partial charge in [0.1, 0.15) is 0 Å². The van der Waals surface area contributed by atoms with Crippen LogP contribution in [-0.2, 0) is 11.8 Å². The minimum Gasteiger partial charge on any atom is -0.324 e. The highest BCUT2D eigenvalue weighted by atomic mass is 16.2. The monoisotopic (exact) mass is 541 g/mol. The third-order valence-electron chi connectivity index (χ3n) is 7.92. The van der Waals surface area contributed by atoms with Gasteiger partial charge in [0.05, 0.1) is 41.1 Å². The van der Waals surface area contributed by atoms with Gasteiger partial charge in [-0.15, -0.1) is 0 Å². The second-order valence-electron chi connectivity index (χ2n) is 11.1. The van der Waals surface area contributed by atoms with E-state index in [4.69, 9.17) is 5.10 Å². The number of aryl methyl sites for hydroxylation is 3. The van der Waals surface area contributed by atoms with Crippen LogP contribution in [0.15, 0.2) is 30.7 Å². The molecule has 5 rings (SSSR count). The first-order chi connectivity index (χ1) is 19.2. The number of carbonyl (C=O) groups is 2. The predicted octanol–water partition coefficient (Wildman–Crippen LogP) is 5.33. The van der Waals surface area contributed by atoms with Crippen LogP contribution in [-0.4, -0.2) is 55.6 Å². The molecule has 1 aliphatic carbocycles. The number of likely N-dealkylation sites (tertiary alicyclic amines) is 1. The SMILES string of the molecule is CC/C(=C\c1cc(C(=O)Nc2cc(NC(=O)CN3CCCC3C)cnc2C)cnc1C)c1cn(C)nc1C1CC1. The molecular weight excluding hydrogens is 502 g/mol. The molecular formula is C31H39N7O2. The Balaban J connectivity index is 1.32. The molecule has 0 radical (unpaired) electrons. The lowest BCUT2D eigenvalue weighted by Crippen LogP contribution is -2.35. The average Bonchev–Trinajstić information content (AvgIpc) is 3.59. The van der Waals surface area contributed by atoms with E-state index < -0.39 is 0 Å². The Morgan fingerprint density at radius 2 is 1.85 bits per heavy atom. The van der Waals surface area contributed by atoms with E-state index in [2.05, 4.69) is 51.6 Å². The standard InChI is InChI=1S/C31H39N7O2/c1-6-22(27-17-37(5)36-30(27)23-9-10-23)12-24-13-25(15-32-20(24)3)31(40)35-28-14-26(16-33-21(28)4)34-29(39)18-38-11-7-8-19(38)2/h12-17,19,23H,6-11,18H2,1-5H3,(H,34,39)(H,35,40)/b22-12+. The minimum atomic E-state index is -0.278. The molecule has 2 amide bonds. The van der Waals surface area contributed by atoms with Crippen molar-refractivity contribution in [1.29, 1.82) is 0 Å². The van der Waals surface area contributed by atoms with Crippen LogP contribution < -0.4 is 10.6 Å². The summed E-state index contributed by atoms with van der Waals surface area (Å²) >= 11 is 0. The van der Waals surface area contributed by atoms with Crippen molar-refractivity contribution in [2.24, 2.45) is 7.05 Å². The van der Waals surface area contributed by atoms with Crippen LogP contribution in [0.3, 0.4) is 0 Å². The molecule has 0 aromatic carbocycles. The first kappa shape index (κ1) is 27.7. The van der Waals surface area contributed by atoms with Gasteiger partial charge in [-0.25, -0.2) is 0 Å². The highest BCUT2D eigenvalue weighted by molar-refractivity contribution is 6.05. The van der Waals surface area contributed by atoms with Crippen LogP contribution in [0.4, 0.5) is 11.4 Å². The molecule has 9 heteroatoms. The van der Waals surface area contributed by atoms with E-state index >= 15 is 0 Å². The zero-order valence-corrected chi connectivity index (χ0v) is 24.1. The molecule has 1 aliphatic heterocycles. The fourth-order valence-corrected chi connectivity index (χ4v) is 5.32. The van der Waals surface area contributed by atoms with E-state index in [1.54, 1.807) is 18.5 Å². The maximum Gasteiger partial charge on any atom is 0.257 e. The minimum absolute atomic E-state index is 0.0824. The predicted molar refractivity (Wildman–Crippen MR) is 158 cm³/mol. The van der Waals surface area contributed by atoms with Crippen molar-refractivity contribution in [3.8, 4) is 0 Å². The molecule has 4 heterocycles. The van der Waals surface area contributed by atoms with Gasteiger partial charge in [-0.1, -0.05) is 6.92 Å². The molecule has 1 atom stereocenters. The van der Waals surface area contributed by atoms with Crippen molar-refractivity contribution in [3.63, 3.8) is 0 Å². The van der Waals surface area contributed by atoms with Crippen LogP contribution in [0.25, 0.3) is 11.6 Å². The molecule has 2 N–H and O–H groups in total. The highest BCUT2D eigenvalue weighted by Crippen LogP contribution is 2.43. The number of allylic oxidation sites excluding steroid dienone is 1. The summed E-state index contributed by atoms with van der Waals surface area (Å²) in [5.41, 5.74) is 7.52. The fourth-order valence-electron chi connectivity index (χ4n) is 5.32. The maximum absolute atomic E-state index is 13.3. The van der Waals surface area contributed by atoms with Gasteiger partial charge in [0, 0.05) is 42.7 Å². The molecule has 3 aromatic heterocycles. The van der Waals surface area contributed by atoms with Gasteiger partial charge < -0.3 is 10.6 Å². The van der Waals surface area contributed by atoms with Crippen LogP contribution in [0, 0.1) is 13.8 Å². The lowest BCUT2D eigenvalue weighted by Gasteiger charge is -2.20. The van der Waals surface area contributed by atoms with Crippen molar-refractivity contribution in [3.05, 3.63) is 64.5 Å². The smallest absolute Gasteiger partial charge is 0.257 e. The Kier molecular flexibility index (Phi) is 8.12. The van der Waals surface area contributed by atoms with Crippen molar-refractivity contribution in [2.45, 2.75) is 71.8 Å². The zero-order chi connectivity index (χ0) is 28.4. The first-order valence-corrected chi connectivity index (χ1v) is 14.2. The summed E-state index contributed by atoms with van der Waals surface area (Å²) in [6.45, 7) is 9.36. The number of aromatic nitrogens is 4. The van der Waals surface area contributed by atoms with Crippen molar-refractivity contribution in [2.75, 3.05) is 23.7 Å². The summed E-state index contributed by atoms with van der Waals surface area (Å²) < 4.78 is 1.89. The molecule has 2 aliphatic rings. The summed E-state index contributed by atoms with van der Waals surface area (Å²) in [4.78, 5) is 37.0. The topological polar surface area (TPSA) is 105 Å². The van der Waals surface area contributed by atoms with Gasteiger partial charge in [0.2, 0.25) is 5.91 Å². The zero-order valence-electron chi connectivity index (χ0n) is 24.1. The molecule has 210 valence electrons. The number of nitrogens with zero attached hydrogens (tertiary/aromatic N) is 5. The van der Waals surface area contributed by atoms with Crippen molar-refractivity contribution >= 4 is 34.8 Å². The summed E-state index contributed by atoms with van der Waals surface area (Å²) in [5.74, 6) is 0.184. The number of nitrogens with one attached hydrogen (secondary N) is 2. The Morgan fingerprint density at radius 3 is 2.55 bits per heavy atom. The Labute approximate surface area is 236 Å². The van der Waals surface area contributed by atoms with Crippen LogP contribution in [0.1, 0.15) is 90.4 Å². The highest BCUT2D eigenvalue weighted by Gasteiger charge is 2.30. The van der Waals surface area contributed by atoms with Gasteiger partial charge in [0.25, 0.3) is 5.91 Å². The molecule has 9 nitrogen and oxygen atoms in total. The van der Waals surface area contributed by atoms with Crippen LogP contribution >= 0.6 is 0 Å². The molecule has 2 fully saturated rings. The average molecular weight is 542 g/mol. The van der Waals surface area contributed by atoms with E-state index in [-0.39, 0.29) is 11.8 Å². The number of hydrogen-bond acceptors (Lipinski definition) is 6. The quantitative estimate of drug-likeness (QED) is 0.379. The van der Waals surface area contributed by atoms with Gasteiger partial charge >= 0.3 is 0 Å². The van der Waals surface area contributed by atoms with E-state index in [1.807, 2.05) is 31.6 Å². The van der Waals surface area contributed by atoms with E-state index in [0.29, 0.717) is 41.1 Å². The normalized spacial score (nSPS) is 17.7. The maximum atomic E-state index is 13.3. The third kappa shape index (κ3) is 6.31. The number of amides is 2.